The molecule has 126 valence electrons. The van der Waals surface area contributed by atoms with Crippen molar-refractivity contribution in [1.29, 1.82) is 0 Å². The van der Waals surface area contributed by atoms with Crippen LogP contribution >= 0.6 is 34.3 Å². The Labute approximate surface area is 157 Å². The average Bonchev–Trinajstić information content (AvgIpc) is 3.30. The summed E-state index contributed by atoms with van der Waals surface area (Å²) in [6, 6.07) is 11.5. The fourth-order valence-electron chi connectivity index (χ4n) is 2.75. The van der Waals surface area contributed by atoms with Gasteiger partial charge in [0.15, 0.2) is 5.13 Å². The summed E-state index contributed by atoms with van der Waals surface area (Å²) in [5.41, 5.74) is 3.55. The summed E-state index contributed by atoms with van der Waals surface area (Å²) < 4.78 is 3.14. The number of hydrogen-bond donors (Lipinski definition) is 1. The summed E-state index contributed by atoms with van der Waals surface area (Å²) in [4.78, 5) is 17.2. The second-order valence-electron chi connectivity index (χ2n) is 5.44. The van der Waals surface area contributed by atoms with Gasteiger partial charge in [0.25, 0.3) is 5.91 Å². The largest absolute Gasteiger partial charge is 0.336 e. The molecule has 0 fully saturated rings. The Bertz CT molecular complexity index is 1050. The van der Waals surface area contributed by atoms with E-state index in [0.29, 0.717) is 15.8 Å². The van der Waals surface area contributed by atoms with Crippen molar-refractivity contribution in [3.05, 3.63) is 57.9 Å². The highest BCUT2D eigenvalue weighted by molar-refractivity contribution is 7.17. The van der Waals surface area contributed by atoms with Crippen molar-refractivity contribution in [2.24, 2.45) is 0 Å². The van der Waals surface area contributed by atoms with E-state index in [2.05, 4.69) is 10.3 Å². The molecular formula is C18H14ClN3OS2. The van der Waals surface area contributed by atoms with Crippen molar-refractivity contribution in [1.82, 2.24) is 9.55 Å². The van der Waals surface area contributed by atoms with Gasteiger partial charge in [-0.05, 0) is 36.6 Å². The van der Waals surface area contributed by atoms with Gasteiger partial charge in [0, 0.05) is 22.5 Å². The van der Waals surface area contributed by atoms with Crippen molar-refractivity contribution in [2.45, 2.75) is 13.5 Å². The second-order valence-corrected chi connectivity index (χ2v) is 7.69. The van der Waals surface area contributed by atoms with Gasteiger partial charge in [0.2, 0.25) is 0 Å². The lowest BCUT2D eigenvalue weighted by Crippen LogP contribution is -2.16. The van der Waals surface area contributed by atoms with Gasteiger partial charge in [-0.2, -0.15) is 0 Å². The number of anilines is 1. The van der Waals surface area contributed by atoms with E-state index < -0.39 is 0 Å². The third-order valence-corrected chi connectivity index (χ3v) is 5.80. The highest BCUT2D eigenvalue weighted by Crippen LogP contribution is 2.28. The van der Waals surface area contributed by atoms with E-state index in [-0.39, 0.29) is 5.91 Å². The molecule has 0 radical (unpaired) electrons. The maximum atomic E-state index is 12.7. The molecule has 4 aromatic rings. The molecule has 1 N–H and O–H groups in total. The number of carbonyl (C=O) groups is 1. The van der Waals surface area contributed by atoms with E-state index in [1.54, 1.807) is 11.3 Å². The first kappa shape index (κ1) is 16.3. The van der Waals surface area contributed by atoms with Crippen molar-refractivity contribution in [3.8, 4) is 11.3 Å². The van der Waals surface area contributed by atoms with Gasteiger partial charge in [-0.3, -0.25) is 10.1 Å². The lowest BCUT2D eigenvalue weighted by molar-refractivity contribution is 0.101. The van der Waals surface area contributed by atoms with Crippen molar-refractivity contribution >= 4 is 55.5 Å². The van der Waals surface area contributed by atoms with Crippen LogP contribution in [0.15, 0.2) is 47.2 Å². The summed E-state index contributed by atoms with van der Waals surface area (Å²) in [7, 11) is 0. The van der Waals surface area contributed by atoms with Crippen LogP contribution in [-0.2, 0) is 6.54 Å². The van der Waals surface area contributed by atoms with Crippen LogP contribution in [0.25, 0.3) is 21.5 Å². The van der Waals surface area contributed by atoms with Gasteiger partial charge < -0.3 is 4.57 Å². The van der Waals surface area contributed by atoms with Crippen molar-refractivity contribution < 1.29 is 4.79 Å². The molecule has 4 rings (SSSR count). The third kappa shape index (κ3) is 3.08. The van der Waals surface area contributed by atoms with Gasteiger partial charge >= 0.3 is 0 Å². The highest BCUT2D eigenvalue weighted by atomic mass is 35.5. The first-order valence-corrected chi connectivity index (χ1v) is 9.89. The first-order chi connectivity index (χ1) is 12.2. The summed E-state index contributed by atoms with van der Waals surface area (Å²) >= 11 is 8.97. The molecule has 25 heavy (non-hydrogen) atoms. The number of nitrogens with one attached hydrogen (secondary N) is 1. The topological polar surface area (TPSA) is 46.9 Å². The van der Waals surface area contributed by atoms with Crippen LogP contribution in [0.5, 0.6) is 0 Å². The molecule has 0 saturated heterocycles. The molecule has 0 bridgehead atoms. The van der Waals surface area contributed by atoms with Crippen molar-refractivity contribution in [2.75, 3.05) is 5.32 Å². The zero-order valence-corrected chi connectivity index (χ0v) is 15.7. The monoisotopic (exact) mass is 387 g/mol. The van der Waals surface area contributed by atoms with Gasteiger partial charge in [-0.25, -0.2) is 4.98 Å². The molecule has 0 unspecified atom stereocenters. The standard InChI is InChI=1S/C18H14ClN3OS2/c1-2-22-14-7-8-24-16(14)9-15(22)17(23)21-18-20-13(10-25-18)11-3-5-12(19)6-4-11/h3-10H,2H2,1H3,(H,20,21,23). The smallest absolute Gasteiger partial charge is 0.274 e. The number of nitrogens with zero attached hydrogens (tertiary/aromatic N) is 2. The van der Waals surface area contributed by atoms with Gasteiger partial charge in [0.1, 0.15) is 5.69 Å². The lowest BCUT2D eigenvalue weighted by atomic mass is 10.2. The van der Waals surface area contributed by atoms with Crippen LogP contribution in [-0.4, -0.2) is 15.5 Å². The number of aryl methyl sites for hydroxylation is 1. The Morgan fingerprint density at radius 3 is 2.80 bits per heavy atom. The number of carbonyl (C=O) groups excluding carboxylic acids is 1. The molecule has 0 spiro atoms. The molecule has 7 heteroatoms. The SMILES string of the molecule is CCn1c(C(=O)Nc2nc(-c3ccc(Cl)cc3)cs2)cc2sccc21. The van der Waals surface area contributed by atoms with Crippen LogP contribution in [0.4, 0.5) is 5.13 Å². The average molecular weight is 388 g/mol. The number of thiophene rings is 1. The molecule has 3 heterocycles. The molecular weight excluding hydrogens is 374 g/mol. The summed E-state index contributed by atoms with van der Waals surface area (Å²) in [6.45, 7) is 2.78. The van der Waals surface area contributed by atoms with Crippen molar-refractivity contribution in [3.63, 3.8) is 0 Å². The summed E-state index contributed by atoms with van der Waals surface area (Å²) in [5, 5.41) is 8.15. The Morgan fingerprint density at radius 2 is 2.04 bits per heavy atom. The normalized spacial score (nSPS) is 11.1. The predicted molar refractivity (Wildman–Crippen MR) is 106 cm³/mol. The third-order valence-electron chi connectivity index (χ3n) is 3.94. The fraction of sp³-hybridized carbons (Fsp3) is 0.111. The van der Waals surface area contributed by atoms with E-state index in [1.165, 1.54) is 11.3 Å². The van der Waals surface area contributed by atoms with E-state index >= 15 is 0 Å². The predicted octanol–water partition coefficient (Wildman–Crippen LogP) is 5.75. The molecule has 0 aliphatic rings. The maximum Gasteiger partial charge on any atom is 0.274 e. The first-order valence-electron chi connectivity index (χ1n) is 7.75. The number of rotatable bonds is 4. The van der Waals surface area contributed by atoms with Crippen LogP contribution in [0.3, 0.4) is 0 Å². The maximum absolute atomic E-state index is 12.7. The van der Waals surface area contributed by atoms with E-state index in [9.17, 15) is 4.79 Å². The molecule has 1 amide bonds. The molecule has 4 nitrogen and oxygen atoms in total. The quantitative estimate of drug-likeness (QED) is 0.484. The van der Waals surface area contributed by atoms with Crippen LogP contribution in [0.2, 0.25) is 5.02 Å². The minimum Gasteiger partial charge on any atom is -0.336 e. The van der Waals surface area contributed by atoms with Crippen LogP contribution < -0.4 is 5.32 Å². The van der Waals surface area contributed by atoms with Crippen LogP contribution in [0.1, 0.15) is 17.4 Å². The van der Waals surface area contributed by atoms with Gasteiger partial charge in [0.05, 0.1) is 15.9 Å². The zero-order valence-electron chi connectivity index (χ0n) is 13.3. The number of hydrogen-bond acceptors (Lipinski definition) is 4. The number of aromatic nitrogens is 2. The molecule has 0 atom stereocenters. The fourth-order valence-corrected chi connectivity index (χ4v) is 4.41. The second kappa shape index (κ2) is 6.63. The highest BCUT2D eigenvalue weighted by Gasteiger charge is 2.17. The Balaban J connectivity index is 1.58. The van der Waals surface area contributed by atoms with Gasteiger partial charge in [-0.1, -0.05) is 23.7 Å². The minimum atomic E-state index is -0.137. The Kier molecular flexibility index (Phi) is 4.33. The Hall–Kier alpha value is -2.15. The molecule has 0 saturated carbocycles. The van der Waals surface area contributed by atoms with E-state index in [1.807, 2.05) is 58.6 Å². The molecule has 3 aromatic heterocycles. The molecule has 0 aliphatic heterocycles. The number of benzene rings is 1. The lowest BCUT2D eigenvalue weighted by Gasteiger charge is -2.06. The number of amides is 1. The van der Waals surface area contributed by atoms with Crippen LogP contribution in [0, 0.1) is 0 Å². The molecule has 1 aromatic carbocycles. The number of fused-ring (bicyclic) bond motifs is 1. The minimum absolute atomic E-state index is 0.137. The zero-order chi connectivity index (χ0) is 17.4. The Morgan fingerprint density at radius 1 is 1.24 bits per heavy atom. The van der Waals surface area contributed by atoms with E-state index in [4.69, 9.17) is 11.6 Å². The number of halogens is 1. The number of thiazole rings is 1. The van der Waals surface area contributed by atoms with E-state index in [0.717, 1.165) is 28.0 Å². The molecule has 0 aliphatic carbocycles. The summed E-state index contributed by atoms with van der Waals surface area (Å²) in [6.07, 6.45) is 0. The summed E-state index contributed by atoms with van der Waals surface area (Å²) in [5.74, 6) is -0.137. The van der Waals surface area contributed by atoms with Gasteiger partial charge in [-0.15, -0.1) is 22.7 Å².